The second-order valence-corrected chi connectivity index (χ2v) is 3.29. The highest BCUT2D eigenvalue weighted by atomic mass is 79.9. The van der Waals surface area contributed by atoms with Gasteiger partial charge in [-0.05, 0) is 19.1 Å². The largest absolute Gasteiger partial charge is 0.508 e. The van der Waals surface area contributed by atoms with Crippen LogP contribution in [0.15, 0.2) is 22.7 Å². The highest BCUT2D eigenvalue weighted by molar-refractivity contribution is 9.10. The first-order valence-electron chi connectivity index (χ1n) is 3.27. The van der Waals surface area contributed by atoms with Crippen LogP contribution in [0.5, 0.6) is 5.75 Å². The van der Waals surface area contributed by atoms with Gasteiger partial charge >= 0.3 is 0 Å². The van der Waals surface area contributed by atoms with Gasteiger partial charge in [0.1, 0.15) is 5.75 Å². The second kappa shape index (κ2) is 3.24. The molecular formula is C8H9BrO2. The number of aromatic hydroxyl groups is 1. The molecule has 0 radical (unpaired) electrons. The fourth-order valence-corrected chi connectivity index (χ4v) is 1.22. The van der Waals surface area contributed by atoms with Crippen molar-refractivity contribution < 1.29 is 10.2 Å². The Bertz CT molecular complexity index is 258. The highest BCUT2D eigenvalue weighted by Crippen LogP contribution is 2.26. The summed E-state index contributed by atoms with van der Waals surface area (Å²) in [6.45, 7) is 1.61. The summed E-state index contributed by atoms with van der Waals surface area (Å²) >= 11 is 3.20. The smallest absolute Gasteiger partial charge is 0.122 e. The van der Waals surface area contributed by atoms with Crippen LogP contribution in [0.2, 0.25) is 0 Å². The lowest BCUT2D eigenvalue weighted by Gasteiger charge is -2.06. The van der Waals surface area contributed by atoms with E-state index in [0.29, 0.717) is 5.56 Å². The van der Waals surface area contributed by atoms with Gasteiger partial charge in [0.2, 0.25) is 0 Å². The number of hydrogen-bond acceptors (Lipinski definition) is 2. The lowest BCUT2D eigenvalue weighted by atomic mass is 10.1. The van der Waals surface area contributed by atoms with Crippen LogP contribution in [0, 0.1) is 0 Å². The van der Waals surface area contributed by atoms with Crippen LogP contribution >= 0.6 is 15.9 Å². The van der Waals surface area contributed by atoms with Gasteiger partial charge in [-0.15, -0.1) is 0 Å². The highest BCUT2D eigenvalue weighted by Gasteiger charge is 2.05. The lowest BCUT2D eigenvalue weighted by Crippen LogP contribution is -1.90. The molecule has 0 saturated carbocycles. The summed E-state index contributed by atoms with van der Waals surface area (Å²) in [5.41, 5.74) is 0.549. The van der Waals surface area contributed by atoms with Crippen LogP contribution in [0.1, 0.15) is 18.6 Å². The van der Waals surface area contributed by atoms with Crippen molar-refractivity contribution in [1.82, 2.24) is 0 Å². The first kappa shape index (κ1) is 8.56. The quantitative estimate of drug-likeness (QED) is 0.756. The molecule has 0 aliphatic carbocycles. The van der Waals surface area contributed by atoms with E-state index in [1.54, 1.807) is 25.1 Å². The Labute approximate surface area is 73.6 Å². The van der Waals surface area contributed by atoms with Crippen molar-refractivity contribution in [2.24, 2.45) is 0 Å². The SMILES string of the molecule is C[C@@H](O)c1ccc(Br)cc1O. The van der Waals surface area contributed by atoms with E-state index in [2.05, 4.69) is 15.9 Å². The van der Waals surface area contributed by atoms with Crippen molar-refractivity contribution in [3.05, 3.63) is 28.2 Å². The summed E-state index contributed by atoms with van der Waals surface area (Å²) in [7, 11) is 0. The van der Waals surface area contributed by atoms with Gasteiger partial charge in [-0.25, -0.2) is 0 Å². The Hall–Kier alpha value is -0.540. The molecule has 1 atom stereocenters. The molecular weight excluding hydrogens is 208 g/mol. The summed E-state index contributed by atoms with van der Waals surface area (Å²) in [4.78, 5) is 0. The van der Waals surface area contributed by atoms with Crippen LogP contribution < -0.4 is 0 Å². The van der Waals surface area contributed by atoms with E-state index in [-0.39, 0.29) is 5.75 Å². The maximum atomic E-state index is 9.27. The monoisotopic (exact) mass is 216 g/mol. The molecule has 0 bridgehead atoms. The number of hydrogen-bond donors (Lipinski definition) is 2. The Morgan fingerprint density at radius 3 is 2.55 bits per heavy atom. The minimum absolute atomic E-state index is 0.120. The topological polar surface area (TPSA) is 40.5 Å². The minimum Gasteiger partial charge on any atom is -0.508 e. The molecule has 1 aromatic rings. The molecule has 60 valence electrons. The fraction of sp³-hybridized carbons (Fsp3) is 0.250. The molecule has 0 aliphatic rings. The Kier molecular flexibility index (Phi) is 2.52. The van der Waals surface area contributed by atoms with Crippen LogP contribution in [0.4, 0.5) is 0 Å². The molecule has 2 N–H and O–H groups in total. The zero-order valence-corrected chi connectivity index (χ0v) is 7.67. The zero-order chi connectivity index (χ0) is 8.43. The standard InChI is InChI=1S/C8H9BrO2/c1-5(10)7-3-2-6(9)4-8(7)11/h2-5,10-11H,1H3/t5-/m1/s1. The van der Waals surface area contributed by atoms with Crippen molar-refractivity contribution in [3.8, 4) is 5.75 Å². The summed E-state index contributed by atoms with van der Waals surface area (Å²) < 4.78 is 0.805. The lowest BCUT2D eigenvalue weighted by molar-refractivity contribution is 0.195. The summed E-state index contributed by atoms with van der Waals surface area (Å²) in [5, 5.41) is 18.4. The molecule has 0 amide bonds. The van der Waals surface area contributed by atoms with Crippen molar-refractivity contribution in [2.75, 3.05) is 0 Å². The van der Waals surface area contributed by atoms with Gasteiger partial charge in [-0.2, -0.15) is 0 Å². The van der Waals surface area contributed by atoms with Gasteiger partial charge in [0.15, 0.2) is 0 Å². The van der Waals surface area contributed by atoms with E-state index in [0.717, 1.165) is 4.47 Å². The molecule has 0 saturated heterocycles. The van der Waals surface area contributed by atoms with Crippen LogP contribution in [0.3, 0.4) is 0 Å². The molecule has 0 aliphatic heterocycles. The van der Waals surface area contributed by atoms with Gasteiger partial charge in [-0.3, -0.25) is 0 Å². The third-order valence-corrected chi connectivity index (χ3v) is 1.94. The van der Waals surface area contributed by atoms with E-state index in [4.69, 9.17) is 5.11 Å². The summed E-state index contributed by atoms with van der Waals surface area (Å²) in [6, 6.07) is 5.02. The van der Waals surface area contributed by atoms with Crippen LogP contribution in [-0.4, -0.2) is 10.2 Å². The molecule has 1 aromatic carbocycles. The molecule has 0 unspecified atom stereocenters. The first-order chi connectivity index (χ1) is 5.11. The third kappa shape index (κ3) is 1.94. The van der Waals surface area contributed by atoms with Gasteiger partial charge in [-0.1, -0.05) is 22.0 Å². The van der Waals surface area contributed by atoms with E-state index >= 15 is 0 Å². The third-order valence-electron chi connectivity index (χ3n) is 1.44. The number of aliphatic hydroxyl groups is 1. The van der Waals surface area contributed by atoms with Crippen LogP contribution in [0.25, 0.3) is 0 Å². The molecule has 0 spiro atoms. The number of rotatable bonds is 1. The predicted molar refractivity (Wildman–Crippen MR) is 46.4 cm³/mol. The maximum absolute atomic E-state index is 9.27. The van der Waals surface area contributed by atoms with Gasteiger partial charge in [0, 0.05) is 10.0 Å². The van der Waals surface area contributed by atoms with Gasteiger partial charge in [0.25, 0.3) is 0 Å². The Balaban J connectivity index is 3.09. The molecule has 2 nitrogen and oxygen atoms in total. The van der Waals surface area contributed by atoms with E-state index in [9.17, 15) is 5.11 Å². The van der Waals surface area contributed by atoms with Crippen molar-refractivity contribution in [1.29, 1.82) is 0 Å². The second-order valence-electron chi connectivity index (χ2n) is 2.38. The van der Waals surface area contributed by atoms with E-state index in [1.165, 1.54) is 0 Å². The fourth-order valence-electron chi connectivity index (χ4n) is 0.870. The van der Waals surface area contributed by atoms with Crippen molar-refractivity contribution >= 4 is 15.9 Å². The number of phenols is 1. The number of phenolic OH excluding ortho intramolecular Hbond substituents is 1. The molecule has 11 heavy (non-hydrogen) atoms. The molecule has 3 heteroatoms. The van der Waals surface area contributed by atoms with Crippen molar-refractivity contribution in [3.63, 3.8) is 0 Å². The number of aliphatic hydroxyl groups excluding tert-OH is 1. The average Bonchev–Trinajstić information content (AvgIpc) is 1.85. The molecule has 0 heterocycles. The minimum atomic E-state index is -0.622. The number of benzene rings is 1. The molecule has 0 aromatic heterocycles. The summed E-state index contributed by atoms with van der Waals surface area (Å²) in [6.07, 6.45) is -0.622. The molecule has 0 fully saturated rings. The van der Waals surface area contributed by atoms with Gasteiger partial charge in [0.05, 0.1) is 6.10 Å². The van der Waals surface area contributed by atoms with E-state index in [1.807, 2.05) is 0 Å². The summed E-state index contributed by atoms with van der Waals surface area (Å²) in [5.74, 6) is 0.120. The van der Waals surface area contributed by atoms with Crippen molar-refractivity contribution in [2.45, 2.75) is 13.0 Å². The first-order valence-corrected chi connectivity index (χ1v) is 4.07. The maximum Gasteiger partial charge on any atom is 0.122 e. The predicted octanol–water partition coefficient (Wildman–Crippen LogP) is 2.21. The number of halogens is 1. The van der Waals surface area contributed by atoms with Crippen LogP contribution in [-0.2, 0) is 0 Å². The van der Waals surface area contributed by atoms with E-state index < -0.39 is 6.10 Å². The zero-order valence-electron chi connectivity index (χ0n) is 6.08. The Morgan fingerprint density at radius 1 is 1.45 bits per heavy atom. The van der Waals surface area contributed by atoms with Gasteiger partial charge < -0.3 is 10.2 Å². The molecule has 1 rings (SSSR count). The Morgan fingerprint density at radius 2 is 2.09 bits per heavy atom. The average molecular weight is 217 g/mol. The normalized spacial score (nSPS) is 13.0.